The molecule has 2 aliphatic rings. The molecule has 0 saturated carbocycles. The molecule has 6 rings (SSSR count). The molecule has 1 atom stereocenters. The molecule has 0 aliphatic carbocycles. The zero-order valence-corrected chi connectivity index (χ0v) is 24.7. The van der Waals surface area contributed by atoms with E-state index in [0.29, 0.717) is 28.2 Å². The molecule has 2 heterocycles. The summed E-state index contributed by atoms with van der Waals surface area (Å²) in [5.74, 6) is -0.957. The minimum Gasteiger partial charge on any atom is -0.369 e. The maximum Gasteiger partial charge on any atom is 0.323 e. The molecule has 0 bridgehead atoms. The second-order valence-corrected chi connectivity index (χ2v) is 11.2. The topological polar surface area (TPSA) is 106 Å². The number of benzene rings is 4. The summed E-state index contributed by atoms with van der Waals surface area (Å²) in [4.78, 5) is 48.0. The third-order valence-corrected chi connectivity index (χ3v) is 7.97. The summed E-state index contributed by atoms with van der Waals surface area (Å²) >= 11 is 0. The van der Waals surface area contributed by atoms with Crippen molar-refractivity contribution in [3.05, 3.63) is 113 Å². The van der Waals surface area contributed by atoms with E-state index in [2.05, 4.69) is 49.9 Å². The van der Waals surface area contributed by atoms with Gasteiger partial charge in [-0.3, -0.25) is 14.6 Å². The Balaban J connectivity index is 1.11. The smallest absolute Gasteiger partial charge is 0.323 e. The van der Waals surface area contributed by atoms with Gasteiger partial charge in [0.2, 0.25) is 5.91 Å². The number of aliphatic imine (C=N–C) groups is 1. The number of hydrogen-bond acceptors (Lipinski definition) is 6. The molecule has 3 N–H and O–H groups in total. The molecule has 4 aromatic rings. The molecule has 1 saturated heterocycles. The predicted molar refractivity (Wildman–Crippen MR) is 176 cm³/mol. The van der Waals surface area contributed by atoms with E-state index >= 15 is 0 Å². The molecule has 1 unspecified atom stereocenters. The predicted octanol–water partition coefficient (Wildman–Crippen LogP) is 6.06. The standard InChI is InChI=1S/C35H34N6O3/c1-23-6-9-27(10-7-23)37-35(44)38-28-5-3-4-24(20-28)33(42)25-8-15-30-31(34(43)39-32(30)21-25)22-36-26-11-13-29(14-12-26)41-18-16-40(2)17-19-41/h3-15,20-22,31H,16-19H2,1-2H3,(H,39,43)(H2,37,38,44). The van der Waals surface area contributed by atoms with E-state index < -0.39 is 11.9 Å². The van der Waals surface area contributed by atoms with Crippen molar-refractivity contribution in [1.82, 2.24) is 4.90 Å². The summed E-state index contributed by atoms with van der Waals surface area (Å²) in [6.07, 6.45) is 1.66. The highest BCUT2D eigenvalue weighted by Gasteiger charge is 2.30. The van der Waals surface area contributed by atoms with Gasteiger partial charge in [0.05, 0.1) is 5.69 Å². The van der Waals surface area contributed by atoms with Crippen LogP contribution in [-0.2, 0) is 4.79 Å². The van der Waals surface area contributed by atoms with Crippen molar-refractivity contribution in [3.63, 3.8) is 0 Å². The van der Waals surface area contributed by atoms with Crippen molar-refractivity contribution in [2.24, 2.45) is 4.99 Å². The highest BCUT2D eigenvalue weighted by molar-refractivity contribution is 6.15. The van der Waals surface area contributed by atoms with Crippen molar-refractivity contribution in [2.45, 2.75) is 12.8 Å². The number of carbonyl (C=O) groups excluding carboxylic acids is 3. The maximum absolute atomic E-state index is 13.4. The quantitative estimate of drug-likeness (QED) is 0.180. The minimum absolute atomic E-state index is 0.187. The Labute approximate surface area is 256 Å². The Hall–Kier alpha value is -5.28. The third-order valence-electron chi connectivity index (χ3n) is 7.97. The number of rotatable bonds is 7. The zero-order valence-electron chi connectivity index (χ0n) is 24.7. The number of likely N-dealkylation sites (N-methyl/N-ethyl adjacent to an activating group) is 1. The third kappa shape index (κ3) is 6.53. The summed E-state index contributed by atoms with van der Waals surface area (Å²) in [7, 11) is 2.14. The summed E-state index contributed by atoms with van der Waals surface area (Å²) in [5, 5.41) is 8.45. The van der Waals surface area contributed by atoms with Crippen molar-refractivity contribution in [3.8, 4) is 0 Å². The Morgan fingerprint density at radius 2 is 1.55 bits per heavy atom. The van der Waals surface area contributed by atoms with Crippen molar-refractivity contribution < 1.29 is 14.4 Å². The van der Waals surface area contributed by atoms with Gasteiger partial charge in [-0.25, -0.2) is 4.79 Å². The second-order valence-electron chi connectivity index (χ2n) is 11.2. The Morgan fingerprint density at radius 3 is 2.30 bits per heavy atom. The van der Waals surface area contributed by atoms with Crippen LogP contribution in [0.5, 0.6) is 0 Å². The number of anilines is 4. The van der Waals surface area contributed by atoms with Gasteiger partial charge in [-0.05, 0) is 74.1 Å². The van der Waals surface area contributed by atoms with Crippen LogP contribution in [-0.4, -0.2) is 62.1 Å². The lowest BCUT2D eigenvalue weighted by Crippen LogP contribution is -2.44. The number of fused-ring (bicyclic) bond motifs is 1. The first-order valence-electron chi connectivity index (χ1n) is 14.6. The second kappa shape index (κ2) is 12.5. The number of nitrogens with zero attached hydrogens (tertiary/aromatic N) is 3. The van der Waals surface area contributed by atoms with E-state index in [1.165, 1.54) is 5.69 Å². The Bertz CT molecular complexity index is 1720. The number of carbonyl (C=O) groups is 3. The summed E-state index contributed by atoms with van der Waals surface area (Å²) in [5.41, 5.74) is 6.41. The van der Waals surface area contributed by atoms with Crippen LogP contribution >= 0.6 is 0 Å². The first-order valence-corrected chi connectivity index (χ1v) is 14.6. The van der Waals surface area contributed by atoms with Crippen molar-refractivity contribution in [1.29, 1.82) is 0 Å². The number of aryl methyl sites for hydroxylation is 1. The van der Waals surface area contributed by atoms with Gasteiger partial charge in [0.25, 0.3) is 0 Å². The van der Waals surface area contributed by atoms with Crippen LogP contribution in [0.1, 0.15) is 33.0 Å². The van der Waals surface area contributed by atoms with E-state index in [-0.39, 0.29) is 11.7 Å². The molecule has 9 heteroatoms. The molecule has 222 valence electrons. The van der Waals surface area contributed by atoms with Gasteiger partial charge in [0, 0.05) is 66.3 Å². The van der Waals surface area contributed by atoms with E-state index in [9.17, 15) is 14.4 Å². The van der Waals surface area contributed by atoms with Gasteiger partial charge < -0.3 is 25.8 Å². The molecule has 9 nitrogen and oxygen atoms in total. The van der Waals surface area contributed by atoms with Gasteiger partial charge in [-0.1, -0.05) is 42.0 Å². The summed E-state index contributed by atoms with van der Waals surface area (Å²) in [6.45, 7) is 6.05. The number of hydrogen-bond donors (Lipinski definition) is 3. The first kappa shape index (κ1) is 28.8. The van der Waals surface area contributed by atoms with Gasteiger partial charge in [0.15, 0.2) is 5.78 Å². The molecule has 1 fully saturated rings. The Morgan fingerprint density at radius 1 is 0.841 bits per heavy atom. The van der Waals surface area contributed by atoms with E-state index in [0.717, 1.165) is 43.0 Å². The number of piperazine rings is 1. The van der Waals surface area contributed by atoms with Crippen molar-refractivity contribution >= 4 is 52.4 Å². The molecule has 44 heavy (non-hydrogen) atoms. The van der Waals surface area contributed by atoms with Crippen molar-refractivity contribution in [2.75, 3.05) is 54.1 Å². The maximum atomic E-state index is 13.4. The molecule has 4 aromatic carbocycles. The SMILES string of the molecule is Cc1ccc(NC(=O)Nc2cccc(C(=O)c3ccc4c(c3)NC(=O)C4C=Nc3ccc(N4CCN(C)CC4)cc3)c2)cc1. The molecule has 0 radical (unpaired) electrons. The lowest BCUT2D eigenvalue weighted by atomic mass is 9.97. The lowest BCUT2D eigenvalue weighted by Gasteiger charge is -2.34. The van der Waals surface area contributed by atoms with Gasteiger partial charge in [-0.2, -0.15) is 0 Å². The van der Waals surface area contributed by atoms with E-state index in [1.54, 1.807) is 48.7 Å². The monoisotopic (exact) mass is 586 g/mol. The van der Waals surface area contributed by atoms with Gasteiger partial charge >= 0.3 is 6.03 Å². The molecule has 0 spiro atoms. The zero-order chi connectivity index (χ0) is 30.6. The normalized spacial score (nSPS) is 16.5. The molecule has 0 aromatic heterocycles. The largest absolute Gasteiger partial charge is 0.369 e. The minimum atomic E-state index is -0.550. The van der Waals surface area contributed by atoms with Crippen LogP contribution in [0, 0.1) is 6.92 Å². The van der Waals surface area contributed by atoms with Crippen LogP contribution in [0.3, 0.4) is 0 Å². The average Bonchev–Trinajstić information content (AvgIpc) is 3.35. The highest BCUT2D eigenvalue weighted by Crippen LogP contribution is 2.33. The number of urea groups is 1. The van der Waals surface area contributed by atoms with Gasteiger partial charge in [-0.15, -0.1) is 0 Å². The molecular weight excluding hydrogens is 552 g/mol. The van der Waals surface area contributed by atoms with Gasteiger partial charge in [0.1, 0.15) is 5.92 Å². The number of nitrogens with one attached hydrogen (secondary N) is 3. The lowest BCUT2D eigenvalue weighted by molar-refractivity contribution is -0.115. The van der Waals surface area contributed by atoms with Crippen LogP contribution < -0.4 is 20.9 Å². The van der Waals surface area contributed by atoms with Crippen LogP contribution in [0.4, 0.5) is 33.2 Å². The fraction of sp³-hybridized carbons (Fsp3) is 0.200. The molecular formula is C35H34N6O3. The summed E-state index contributed by atoms with van der Waals surface area (Å²) in [6, 6.07) is 27.1. The molecule has 2 aliphatic heterocycles. The van der Waals surface area contributed by atoms with E-state index in [4.69, 9.17) is 0 Å². The molecule has 3 amide bonds. The van der Waals surface area contributed by atoms with Crippen LogP contribution in [0.15, 0.2) is 96.0 Å². The Kier molecular flexibility index (Phi) is 8.21. The number of amides is 3. The van der Waals surface area contributed by atoms with Crippen LogP contribution in [0.2, 0.25) is 0 Å². The number of ketones is 1. The first-order chi connectivity index (χ1) is 21.3. The summed E-state index contributed by atoms with van der Waals surface area (Å²) < 4.78 is 0. The van der Waals surface area contributed by atoms with Crippen LogP contribution in [0.25, 0.3) is 0 Å². The highest BCUT2D eigenvalue weighted by atomic mass is 16.2. The van der Waals surface area contributed by atoms with E-state index in [1.807, 2.05) is 43.3 Å². The fourth-order valence-electron chi connectivity index (χ4n) is 5.39. The average molecular weight is 587 g/mol. The fourth-order valence-corrected chi connectivity index (χ4v) is 5.39.